The van der Waals surface area contributed by atoms with Gasteiger partial charge in [-0.2, -0.15) is 0 Å². The first-order chi connectivity index (χ1) is 11.8. The van der Waals surface area contributed by atoms with Crippen LogP contribution < -0.4 is 10.1 Å². The summed E-state index contributed by atoms with van der Waals surface area (Å²) in [4.78, 5) is 20.7. The minimum absolute atomic E-state index is 0.170. The number of methoxy groups -OCH3 is 1. The number of carbonyl (C=O) groups is 1. The zero-order chi connectivity index (χ0) is 16.8. The Morgan fingerprint density at radius 1 is 1.25 bits per heavy atom. The first-order valence-corrected chi connectivity index (χ1v) is 8.42. The number of thiazole rings is 1. The van der Waals surface area contributed by atoms with Crippen molar-refractivity contribution in [2.45, 2.75) is 6.42 Å². The highest BCUT2D eigenvalue weighted by atomic mass is 32.1. The number of hydrogen-bond acceptors (Lipinski definition) is 5. The van der Waals surface area contributed by atoms with Gasteiger partial charge in [-0.1, -0.05) is 18.2 Å². The van der Waals surface area contributed by atoms with E-state index in [0.717, 1.165) is 21.9 Å². The van der Waals surface area contributed by atoms with Gasteiger partial charge in [0.25, 0.3) is 5.91 Å². The average Bonchev–Trinajstić information content (AvgIpc) is 3.13. The van der Waals surface area contributed by atoms with Gasteiger partial charge in [0.2, 0.25) is 0 Å². The first-order valence-electron chi connectivity index (χ1n) is 7.54. The molecule has 1 aromatic carbocycles. The molecule has 0 atom stereocenters. The second-order valence-electron chi connectivity index (χ2n) is 5.10. The lowest BCUT2D eigenvalue weighted by molar-refractivity contribution is 0.0950. The maximum atomic E-state index is 12.2. The summed E-state index contributed by atoms with van der Waals surface area (Å²) in [6.45, 7) is 0.527. The predicted molar refractivity (Wildman–Crippen MR) is 94.4 cm³/mol. The number of pyridine rings is 1. The molecule has 0 aliphatic carbocycles. The highest BCUT2D eigenvalue weighted by molar-refractivity contribution is 7.13. The molecule has 5 nitrogen and oxygen atoms in total. The SMILES string of the molecule is COc1ccccc1CCNC(=O)c1csc(-c2cccnc2)n1. The fourth-order valence-electron chi connectivity index (χ4n) is 2.31. The van der Waals surface area contributed by atoms with E-state index in [4.69, 9.17) is 4.74 Å². The molecule has 1 N–H and O–H groups in total. The van der Waals surface area contributed by atoms with Gasteiger partial charge in [-0.3, -0.25) is 9.78 Å². The molecule has 6 heteroatoms. The number of para-hydroxylation sites is 1. The maximum absolute atomic E-state index is 12.2. The number of aromatic nitrogens is 2. The largest absolute Gasteiger partial charge is 0.496 e. The van der Waals surface area contributed by atoms with E-state index >= 15 is 0 Å². The standard InChI is InChI=1S/C18H17N3O2S/c1-23-16-7-3-2-5-13(16)8-10-20-17(22)15-12-24-18(21-15)14-6-4-9-19-11-14/h2-7,9,11-12H,8,10H2,1H3,(H,20,22). The van der Waals surface area contributed by atoms with Crippen molar-refractivity contribution in [2.75, 3.05) is 13.7 Å². The van der Waals surface area contributed by atoms with Gasteiger partial charge in [-0.15, -0.1) is 11.3 Å². The lowest BCUT2D eigenvalue weighted by Crippen LogP contribution is -2.26. The summed E-state index contributed by atoms with van der Waals surface area (Å²) in [6.07, 6.45) is 4.15. The first kappa shape index (κ1) is 16.1. The summed E-state index contributed by atoms with van der Waals surface area (Å²) in [7, 11) is 1.65. The molecule has 3 rings (SSSR count). The van der Waals surface area contributed by atoms with Crippen LogP contribution in [0.1, 0.15) is 16.1 Å². The van der Waals surface area contributed by atoms with Crippen LogP contribution in [0, 0.1) is 0 Å². The van der Waals surface area contributed by atoms with Crippen LogP contribution in [-0.4, -0.2) is 29.5 Å². The molecule has 122 valence electrons. The summed E-state index contributed by atoms with van der Waals surface area (Å²) in [6, 6.07) is 11.6. The fraction of sp³-hybridized carbons (Fsp3) is 0.167. The number of carbonyl (C=O) groups excluding carboxylic acids is 1. The molecular weight excluding hydrogens is 322 g/mol. The summed E-state index contributed by atoms with van der Waals surface area (Å²) < 4.78 is 5.31. The van der Waals surface area contributed by atoms with Gasteiger partial charge in [0.15, 0.2) is 0 Å². The summed E-state index contributed by atoms with van der Waals surface area (Å²) >= 11 is 1.43. The zero-order valence-electron chi connectivity index (χ0n) is 13.2. The molecule has 0 unspecified atom stereocenters. The van der Waals surface area contributed by atoms with Crippen LogP contribution in [-0.2, 0) is 6.42 Å². The summed E-state index contributed by atoms with van der Waals surface area (Å²) in [5.41, 5.74) is 2.41. The van der Waals surface area contributed by atoms with Crippen molar-refractivity contribution >= 4 is 17.2 Å². The molecule has 0 aliphatic heterocycles. The molecule has 0 radical (unpaired) electrons. The smallest absolute Gasteiger partial charge is 0.270 e. The minimum atomic E-state index is -0.170. The number of hydrogen-bond donors (Lipinski definition) is 1. The van der Waals surface area contributed by atoms with Gasteiger partial charge >= 0.3 is 0 Å². The third kappa shape index (κ3) is 3.78. The van der Waals surface area contributed by atoms with Crippen molar-refractivity contribution in [1.29, 1.82) is 0 Å². The van der Waals surface area contributed by atoms with Crippen LogP contribution in [0.15, 0.2) is 54.2 Å². The van der Waals surface area contributed by atoms with Crippen LogP contribution in [0.25, 0.3) is 10.6 Å². The summed E-state index contributed by atoms with van der Waals surface area (Å²) in [5, 5.41) is 5.45. The molecular formula is C18H17N3O2S. The summed E-state index contributed by atoms with van der Waals surface area (Å²) in [5.74, 6) is 0.663. The quantitative estimate of drug-likeness (QED) is 0.749. The van der Waals surface area contributed by atoms with E-state index in [-0.39, 0.29) is 5.91 Å². The van der Waals surface area contributed by atoms with E-state index < -0.39 is 0 Å². The second-order valence-corrected chi connectivity index (χ2v) is 5.96. The fourth-order valence-corrected chi connectivity index (χ4v) is 3.10. The van der Waals surface area contributed by atoms with Crippen LogP contribution in [0.5, 0.6) is 5.75 Å². The Bertz CT molecular complexity index is 818. The molecule has 0 saturated heterocycles. The van der Waals surface area contributed by atoms with Crippen LogP contribution in [0.3, 0.4) is 0 Å². The number of nitrogens with one attached hydrogen (secondary N) is 1. The molecule has 0 fully saturated rings. The van der Waals surface area contributed by atoms with Crippen molar-refractivity contribution in [2.24, 2.45) is 0 Å². The molecule has 0 spiro atoms. The van der Waals surface area contributed by atoms with Crippen molar-refractivity contribution in [3.8, 4) is 16.3 Å². The van der Waals surface area contributed by atoms with E-state index in [2.05, 4.69) is 15.3 Å². The molecule has 0 bridgehead atoms. The normalized spacial score (nSPS) is 10.4. The molecule has 0 saturated carbocycles. The van der Waals surface area contributed by atoms with E-state index in [1.165, 1.54) is 11.3 Å². The molecule has 2 heterocycles. The number of ether oxygens (including phenoxy) is 1. The van der Waals surface area contributed by atoms with Crippen LogP contribution >= 0.6 is 11.3 Å². The van der Waals surface area contributed by atoms with Gasteiger partial charge < -0.3 is 10.1 Å². The highest BCUT2D eigenvalue weighted by Crippen LogP contribution is 2.22. The topological polar surface area (TPSA) is 64.1 Å². The molecule has 2 aromatic heterocycles. The van der Waals surface area contributed by atoms with E-state index in [9.17, 15) is 4.79 Å². The predicted octanol–water partition coefficient (Wildman–Crippen LogP) is 3.19. The van der Waals surface area contributed by atoms with Gasteiger partial charge in [0.05, 0.1) is 7.11 Å². The van der Waals surface area contributed by atoms with Crippen molar-refractivity contribution in [3.63, 3.8) is 0 Å². The Kier molecular flexibility index (Phi) is 5.18. The Morgan fingerprint density at radius 2 is 2.12 bits per heavy atom. The average molecular weight is 339 g/mol. The van der Waals surface area contributed by atoms with Gasteiger partial charge in [0.1, 0.15) is 16.5 Å². The lowest BCUT2D eigenvalue weighted by Gasteiger charge is -2.08. The van der Waals surface area contributed by atoms with E-state index in [1.807, 2.05) is 36.4 Å². The zero-order valence-corrected chi connectivity index (χ0v) is 14.0. The molecule has 0 aliphatic rings. The molecule has 3 aromatic rings. The lowest BCUT2D eigenvalue weighted by atomic mass is 10.1. The number of nitrogens with zero attached hydrogens (tertiary/aromatic N) is 2. The maximum Gasteiger partial charge on any atom is 0.270 e. The van der Waals surface area contributed by atoms with Gasteiger partial charge in [-0.25, -0.2) is 4.98 Å². The third-order valence-corrected chi connectivity index (χ3v) is 4.41. The Hall–Kier alpha value is -2.73. The molecule has 1 amide bonds. The number of rotatable bonds is 6. The molecule has 24 heavy (non-hydrogen) atoms. The second kappa shape index (κ2) is 7.70. The van der Waals surface area contributed by atoms with E-state index in [0.29, 0.717) is 18.7 Å². The van der Waals surface area contributed by atoms with Crippen molar-refractivity contribution < 1.29 is 9.53 Å². The third-order valence-electron chi connectivity index (χ3n) is 3.52. The minimum Gasteiger partial charge on any atom is -0.496 e. The van der Waals surface area contributed by atoms with Crippen molar-refractivity contribution in [1.82, 2.24) is 15.3 Å². The Morgan fingerprint density at radius 3 is 2.92 bits per heavy atom. The monoisotopic (exact) mass is 339 g/mol. The Balaban J connectivity index is 1.59. The Labute approximate surface area is 144 Å². The number of benzene rings is 1. The van der Waals surface area contributed by atoms with Crippen molar-refractivity contribution in [3.05, 3.63) is 65.4 Å². The highest BCUT2D eigenvalue weighted by Gasteiger charge is 2.12. The van der Waals surface area contributed by atoms with Crippen LogP contribution in [0.4, 0.5) is 0 Å². The van der Waals surface area contributed by atoms with E-state index in [1.54, 1.807) is 24.9 Å². The van der Waals surface area contributed by atoms with Crippen LogP contribution in [0.2, 0.25) is 0 Å². The number of amides is 1. The van der Waals surface area contributed by atoms with Gasteiger partial charge in [0, 0.05) is 29.9 Å². The van der Waals surface area contributed by atoms with Gasteiger partial charge in [-0.05, 0) is 30.2 Å².